The summed E-state index contributed by atoms with van der Waals surface area (Å²) >= 11 is 1.92. The van der Waals surface area contributed by atoms with Crippen molar-refractivity contribution < 1.29 is 9.15 Å². The number of hydrogen-bond donors (Lipinski definition) is 0. The lowest BCUT2D eigenvalue weighted by Gasteiger charge is -2.39. The van der Waals surface area contributed by atoms with Crippen molar-refractivity contribution in [3.63, 3.8) is 0 Å². The smallest absolute Gasteiger partial charge is 0.251 e. The van der Waals surface area contributed by atoms with E-state index < -0.39 is 0 Å². The Balaban J connectivity index is 1.63. The van der Waals surface area contributed by atoms with Crippen LogP contribution in [-0.4, -0.2) is 28.6 Å². The Labute approximate surface area is 157 Å². The van der Waals surface area contributed by atoms with E-state index in [1.807, 2.05) is 36.0 Å². The molecule has 6 heteroatoms. The van der Waals surface area contributed by atoms with E-state index in [-0.39, 0.29) is 0 Å². The van der Waals surface area contributed by atoms with Gasteiger partial charge in [-0.25, -0.2) is 0 Å². The molecule has 2 aromatic carbocycles. The fraction of sp³-hybridized carbons (Fsp3) is 0.300. The minimum atomic E-state index is 0.372. The van der Waals surface area contributed by atoms with E-state index in [9.17, 15) is 0 Å². The predicted octanol–water partition coefficient (Wildman–Crippen LogP) is 4.63. The summed E-state index contributed by atoms with van der Waals surface area (Å²) in [6, 6.07) is 16.5. The van der Waals surface area contributed by atoms with E-state index in [1.165, 1.54) is 10.6 Å². The van der Waals surface area contributed by atoms with Crippen LogP contribution in [0.15, 0.2) is 57.8 Å². The van der Waals surface area contributed by atoms with Gasteiger partial charge in [-0.3, -0.25) is 0 Å². The first-order chi connectivity index (χ1) is 12.7. The first-order valence-electron chi connectivity index (χ1n) is 8.65. The van der Waals surface area contributed by atoms with Crippen LogP contribution in [0.5, 0.6) is 5.75 Å². The van der Waals surface area contributed by atoms with Gasteiger partial charge in [0.25, 0.3) is 5.89 Å². The second-order valence-corrected chi connectivity index (χ2v) is 7.78. The zero-order valence-electron chi connectivity index (χ0n) is 15.0. The maximum atomic E-state index is 5.96. The molecule has 5 nitrogen and oxygen atoms in total. The quantitative estimate of drug-likeness (QED) is 0.670. The first-order valence-corrected chi connectivity index (χ1v) is 9.53. The predicted molar refractivity (Wildman–Crippen MR) is 104 cm³/mol. The molecule has 2 atom stereocenters. The lowest BCUT2D eigenvalue weighted by molar-refractivity contribution is 0.413. The van der Waals surface area contributed by atoms with E-state index in [4.69, 9.17) is 9.15 Å². The van der Waals surface area contributed by atoms with Crippen LogP contribution in [0.4, 0.5) is 5.69 Å². The van der Waals surface area contributed by atoms with Crippen LogP contribution in [0.25, 0.3) is 11.5 Å². The number of nitrogens with zero attached hydrogens (tertiary/aromatic N) is 3. The minimum absolute atomic E-state index is 0.372. The molecule has 0 spiro atoms. The fourth-order valence-corrected chi connectivity index (χ4v) is 4.40. The van der Waals surface area contributed by atoms with E-state index >= 15 is 0 Å². The van der Waals surface area contributed by atoms with Gasteiger partial charge in [-0.1, -0.05) is 31.2 Å². The van der Waals surface area contributed by atoms with Gasteiger partial charge in [-0.05, 0) is 31.2 Å². The molecule has 0 amide bonds. The number of anilines is 1. The summed E-state index contributed by atoms with van der Waals surface area (Å²) in [6.07, 6.45) is 0. The Hall–Kier alpha value is -2.47. The first kappa shape index (κ1) is 17.0. The summed E-state index contributed by atoms with van der Waals surface area (Å²) < 4.78 is 11.4. The van der Waals surface area contributed by atoms with Gasteiger partial charge in [-0.15, -0.1) is 22.0 Å². The van der Waals surface area contributed by atoms with Crippen molar-refractivity contribution in [3.8, 4) is 17.2 Å². The molecular weight excluding hydrogens is 346 g/mol. The lowest BCUT2D eigenvalue weighted by Crippen LogP contribution is -2.41. The van der Waals surface area contributed by atoms with Crippen molar-refractivity contribution in [2.24, 2.45) is 0 Å². The molecule has 1 aliphatic heterocycles. The molecule has 0 N–H and O–H groups in total. The average molecular weight is 367 g/mol. The monoisotopic (exact) mass is 367 g/mol. The van der Waals surface area contributed by atoms with Crippen LogP contribution in [0.2, 0.25) is 0 Å². The number of ether oxygens (including phenoxy) is 1. The van der Waals surface area contributed by atoms with Gasteiger partial charge >= 0.3 is 0 Å². The van der Waals surface area contributed by atoms with E-state index in [0.717, 1.165) is 11.3 Å². The van der Waals surface area contributed by atoms with Gasteiger partial charge in [0.2, 0.25) is 5.89 Å². The van der Waals surface area contributed by atoms with Crippen LogP contribution in [-0.2, 0) is 6.54 Å². The third-order valence-corrected chi connectivity index (χ3v) is 6.13. The van der Waals surface area contributed by atoms with Gasteiger partial charge in [0.15, 0.2) is 0 Å². The Bertz CT molecular complexity index is 911. The zero-order valence-corrected chi connectivity index (χ0v) is 15.9. The molecule has 1 aromatic heterocycles. The highest BCUT2D eigenvalue weighted by Gasteiger charge is 2.30. The highest BCUT2D eigenvalue weighted by molar-refractivity contribution is 8.00. The average Bonchev–Trinajstić information content (AvgIpc) is 3.14. The minimum Gasteiger partial charge on any atom is -0.496 e. The van der Waals surface area contributed by atoms with Crippen LogP contribution in [0.1, 0.15) is 19.7 Å². The number of benzene rings is 2. The molecule has 0 saturated heterocycles. The molecule has 134 valence electrons. The molecule has 26 heavy (non-hydrogen) atoms. The summed E-state index contributed by atoms with van der Waals surface area (Å²) in [5, 5.41) is 8.99. The second kappa shape index (κ2) is 7.03. The van der Waals surface area contributed by atoms with Crippen molar-refractivity contribution in [2.75, 3.05) is 12.0 Å². The molecule has 0 saturated carbocycles. The van der Waals surface area contributed by atoms with Crippen molar-refractivity contribution in [3.05, 3.63) is 54.4 Å². The number of fused-ring (bicyclic) bond motifs is 1. The number of aromatic nitrogens is 2. The molecule has 4 rings (SSSR count). The molecular formula is C20H21N3O2S. The van der Waals surface area contributed by atoms with Crippen molar-refractivity contribution in [2.45, 2.75) is 36.6 Å². The number of hydrogen-bond acceptors (Lipinski definition) is 6. The van der Waals surface area contributed by atoms with Crippen LogP contribution < -0.4 is 9.64 Å². The Morgan fingerprint density at radius 2 is 1.85 bits per heavy atom. The van der Waals surface area contributed by atoms with Crippen molar-refractivity contribution >= 4 is 17.4 Å². The van der Waals surface area contributed by atoms with E-state index in [0.29, 0.717) is 29.6 Å². The third-order valence-electron chi connectivity index (χ3n) is 4.77. The summed E-state index contributed by atoms with van der Waals surface area (Å²) in [6.45, 7) is 5.09. The van der Waals surface area contributed by atoms with Gasteiger partial charge in [0, 0.05) is 16.2 Å². The van der Waals surface area contributed by atoms with Gasteiger partial charge < -0.3 is 14.1 Å². The summed E-state index contributed by atoms with van der Waals surface area (Å²) in [4.78, 5) is 3.64. The summed E-state index contributed by atoms with van der Waals surface area (Å²) in [5.74, 6) is 1.81. The van der Waals surface area contributed by atoms with Crippen molar-refractivity contribution in [1.29, 1.82) is 0 Å². The van der Waals surface area contributed by atoms with E-state index in [2.05, 4.69) is 53.2 Å². The lowest BCUT2D eigenvalue weighted by atomic mass is 10.1. The topological polar surface area (TPSA) is 51.4 Å². The Kier molecular flexibility index (Phi) is 4.59. The number of thioether (sulfide) groups is 1. The Morgan fingerprint density at radius 1 is 1.08 bits per heavy atom. The van der Waals surface area contributed by atoms with Gasteiger partial charge in [0.1, 0.15) is 5.75 Å². The van der Waals surface area contributed by atoms with Crippen LogP contribution in [0, 0.1) is 0 Å². The third kappa shape index (κ3) is 3.05. The second-order valence-electron chi connectivity index (χ2n) is 6.36. The number of methoxy groups -OCH3 is 1. The molecule has 0 unspecified atom stereocenters. The zero-order chi connectivity index (χ0) is 18.1. The van der Waals surface area contributed by atoms with Gasteiger partial charge in [0.05, 0.1) is 24.9 Å². The molecule has 2 heterocycles. The number of para-hydroxylation sites is 2. The normalized spacial score (nSPS) is 19.3. The molecule has 1 aliphatic rings. The SMILES string of the molecule is COc1ccccc1-c1nnc(CN2c3ccccc3S[C@H](C)[C@@H]2C)o1. The van der Waals surface area contributed by atoms with Gasteiger partial charge in [-0.2, -0.15) is 0 Å². The maximum absolute atomic E-state index is 5.96. The maximum Gasteiger partial charge on any atom is 0.251 e. The molecule has 0 radical (unpaired) electrons. The summed E-state index contributed by atoms with van der Waals surface area (Å²) in [5.41, 5.74) is 2.03. The van der Waals surface area contributed by atoms with Crippen LogP contribution in [0.3, 0.4) is 0 Å². The molecule has 0 bridgehead atoms. The highest BCUT2D eigenvalue weighted by atomic mass is 32.2. The number of rotatable bonds is 4. The summed E-state index contributed by atoms with van der Waals surface area (Å²) in [7, 11) is 1.64. The molecule has 3 aromatic rings. The van der Waals surface area contributed by atoms with Crippen LogP contribution >= 0.6 is 11.8 Å². The Morgan fingerprint density at radius 3 is 2.69 bits per heavy atom. The standard InChI is InChI=1S/C20H21N3O2S/c1-13-14(2)26-18-11-7-5-9-16(18)23(13)12-19-21-22-20(25-19)15-8-4-6-10-17(15)24-3/h4-11,13-14H,12H2,1-3H3/t13-,14+/m0/s1. The fourth-order valence-electron chi connectivity index (χ4n) is 3.19. The highest BCUT2D eigenvalue weighted by Crippen LogP contribution is 2.42. The molecule has 0 fully saturated rings. The van der Waals surface area contributed by atoms with E-state index in [1.54, 1.807) is 7.11 Å². The largest absolute Gasteiger partial charge is 0.496 e. The molecule has 0 aliphatic carbocycles. The van der Waals surface area contributed by atoms with Crippen molar-refractivity contribution in [1.82, 2.24) is 10.2 Å².